The van der Waals surface area contributed by atoms with Crippen LogP contribution < -0.4 is 5.32 Å². The fraction of sp³-hybridized carbons (Fsp3) is 0.500. The Bertz CT molecular complexity index is 358. The first-order valence-corrected chi connectivity index (χ1v) is 5.86. The maximum atomic E-state index is 11.9. The van der Waals surface area contributed by atoms with Gasteiger partial charge in [0.25, 0.3) is 5.91 Å². The van der Waals surface area contributed by atoms with E-state index in [0.29, 0.717) is 5.92 Å². The monoisotopic (exact) mass is 219 g/mol. The molecule has 1 amide bonds. The van der Waals surface area contributed by atoms with E-state index in [1.165, 1.54) is 0 Å². The molecule has 0 fully saturated rings. The van der Waals surface area contributed by atoms with Crippen LogP contribution in [0.4, 0.5) is 0 Å². The zero-order chi connectivity index (χ0) is 12.1. The van der Waals surface area contributed by atoms with Crippen molar-refractivity contribution in [1.29, 1.82) is 0 Å². The summed E-state index contributed by atoms with van der Waals surface area (Å²) in [5.74, 6) is 0.629. The van der Waals surface area contributed by atoms with E-state index < -0.39 is 0 Å². The smallest absolute Gasteiger partial charge is 0.251 e. The molecule has 1 aromatic carbocycles. The summed E-state index contributed by atoms with van der Waals surface area (Å²) in [6, 6.07) is 7.90. The average Bonchev–Trinajstić information content (AvgIpc) is 2.16. The summed E-state index contributed by atoms with van der Waals surface area (Å²) in [5.41, 5.74) is 1.86. The van der Waals surface area contributed by atoms with Gasteiger partial charge in [-0.3, -0.25) is 4.79 Å². The topological polar surface area (TPSA) is 29.1 Å². The molecule has 0 radical (unpaired) electrons. The van der Waals surface area contributed by atoms with Crippen LogP contribution in [0.1, 0.15) is 43.1 Å². The second-order valence-electron chi connectivity index (χ2n) is 4.87. The third-order valence-corrected chi connectivity index (χ3v) is 2.48. The molecule has 2 heteroatoms. The number of aryl methyl sites for hydroxylation is 1. The molecule has 0 saturated carbocycles. The zero-order valence-corrected chi connectivity index (χ0v) is 10.6. The van der Waals surface area contributed by atoms with Gasteiger partial charge >= 0.3 is 0 Å². The molecule has 0 aromatic heterocycles. The lowest BCUT2D eigenvalue weighted by atomic mass is 10.0. The molecule has 1 N–H and O–H groups in total. The van der Waals surface area contributed by atoms with Gasteiger partial charge in [-0.2, -0.15) is 0 Å². The maximum Gasteiger partial charge on any atom is 0.251 e. The molecule has 16 heavy (non-hydrogen) atoms. The molecular formula is C14H21NO. The van der Waals surface area contributed by atoms with E-state index in [4.69, 9.17) is 0 Å². The van der Waals surface area contributed by atoms with Crippen LogP contribution in [-0.2, 0) is 0 Å². The van der Waals surface area contributed by atoms with Crippen molar-refractivity contribution in [2.45, 2.75) is 40.2 Å². The summed E-state index contributed by atoms with van der Waals surface area (Å²) < 4.78 is 0. The minimum absolute atomic E-state index is 0.0249. The summed E-state index contributed by atoms with van der Waals surface area (Å²) in [6.45, 7) is 8.37. The number of hydrogen-bond donors (Lipinski definition) is 1. The Hall–Kier alpha value is -1.31. The van der Waals surface area contributed by atoms with E-state index in [1.807, 2.05) is 38.1 Å². The molecule has 1 rings (SSSR count). The molecule has 2 nitrogen and oxygen atoms in total. The molecule has 0 aliphatic carbocycles. The van der Waals surface area contributed by atoms with Gasteiger partial charge in [-0.1, -0.05) is 31.5 Å². The van der Waals surface area contributed by atoms with Crippen LogP contribution in [0, 0.1) is 12.8 Å². The highest BCUT2D eigenvalue weighted by Crippen LogP contribution is 2.07. The van der Waals surface area contributed by atoms with Crippen molar-refractivity contribution in [3.63, 3.8) is 0 Å². The lowest BCUT2D eigenvalue weighted by Gasteiger charge is -2.16. The van der Waals surface area contributed by atoms with Gasteiger partial charge in [-0.05, 0) is 38.3 Å². The number of benzene rings is 1. The lowest BCUT2D eigenvalue weighted by Crippen LogP contribution is -2.33. The molecule has 0 bridgehead atoms. The van der Waals surface area contributed by atoms with E-state index in [2.05, 4.69) is 19.2 Å². The largest absolute Gasteiger partial charge is 0.350 e. The van der Waals surface area contributed by atoms with Gasteiger partial charge in [-0.25, -0.2) is 0 Å². The maximum absolute atomic E-state index is 11.9. The first-order valence-electron chi connectivity index (χ1n) is 5.86. The highest BCUT2D eigenvalue weighted by Gasteiger charge is 2.10. The zero-order valence-electron chi connectivity index (χ0n) is 10.6. The van der Waals surface area contributed by atoms with Crippen molar-refractivity contribution >= 4 is 5.91 Å². The lowest BCUT2D eigenvalue weighted by molar-refractivity contribution is 0.0936. The first kappa shape index (κ1) is 12.8. The van der Waals surface area contributed by atoms with Crippen molar-refractivity contribution in [2.75, 3.05) is 0 Å². The third-order valence-electron chi connectivity index (χ3n) is 2.48. The Morgan fingerprint density at radius 3 is 2.56 bits per heavy atom. The molecule has 0 heterocycles. The summed E-state index contributed by atoms with van der Waals surface area (Å²) in [5, 5.41) is 3.02. The van der Waals surface area contributed by atoms with Crippen LogP contribution in [-0.4, -0.2) is 11.9 Å². The standard InChI is InChI=1S/C14H21NO/c1-10(2)8-12(4)15-14(16)13-7-5-6-11(3)9-13/h5-7,9-10,12H,8H2,1-4H3,(H,15,16)/t12-/m1/s1. The molecular weight excluding hydrogens is 198 g/mol. The normalized spacial score (nSPS) is 12.6. The van der Waals surface area contributed by atoms with E-state index >= 15 is 0 Å². The Kier molecular flexibility index (Phi) is 4.53. The van der Waals surface area contributed by atoms with Crippen LogP contribution in [0.15, 0.2) is 24.3 Å². The van der Waals surface area contributed by atoms with Gasteiger partial charge in [0.2, 0.25) is 0 Å². The SMILES string of the molecule is Cc1cccc(C(=O)N[C@H](C)CC(C)C)c1. The number of rotatable bonds is 4. The quantitative estimate of drug-likeness (QED) is 0.828. The van der Waals surface area contributed by atoms with Gasteiger partial charge in [0.1, 0.15) is 0 Å². The Labute approximate surface area is 98.1 Å². The second kappa shape index (κ2) is 5.69. The summed E-state index contributed by atoms with van der Waals surface area (Å²) >= 11 is 0. The minimum atomic E-state index is 0.0249. The molecule has 1 atom stereocenters. The van der Waals surface area contributed by atoms with Crippen LogP contribution in [0.2, 0.25) is 0 Å². The predicted octanol–water partition coefficient (Wildman–Crippen LogP) is 3.16. The van der Waals surface area contributed by atoms with E-state index in [1.54, 1.807) is 0 Å². The average molecular weight is 219 g/mol. The molecule has 0 saturated heterocycles. The number of nitrogens with one attached hydrogen (secondary N) is 1. The van der Waals surface area contributed by atoms with Gasteiger partial charge in [0, 0.05) is 11.6 Å². The molecule has 1 aromatic rings. The molecule has 0 spiro atoms. The number of carbonyl (C=O) groups is 1. The van der Waals surface area contributed by atoms with Crippen LogP contribution in [0.3, 0.4) is 0 Å². The Balaban J connectivity index is 2.59. The highest BCUT2D eigenvalue weighted by atomic mass is 16.1. The van der Waals surface area contributed by atoms with E-state index in [9.17, 15) is 4.79 Å². The molecule has 88 valence electrons. The van der Waals surface area contributed by atoms with E-state index in [0.717, 1.165) is 17.5 Å². The molecule has 0 aliphatic heterocycles. The fourth-order valence-electron chi connectivity index (χ4n) is 1.86. The number of carbonyl (C=O) groups excluding carboxylic acids is 1. The summed E-state index contributed by atoms with van der Waals surface area (Å²) in [6.07, 6.45) is 1.01. The first-order chi connectivity index (χ1) is 7.49. The summed E-state index contributed by atoms with van der Waals surface area (Å²) in [4.78, 5) is 11.9. The van der Waals surface area contributed by atoms with Crippen molar-refractivity contribution in [3.8, 4) is 0 Å². The fourth-order valence-corrected chi connectivity index (χ4v) is 1.86. The number of hydrogen-bond acceptors (Lipinski definition) is 1. The number of amides is 1. The highest BCUT2D eigenvalue weighted by molar-refractivity contribution is 5.94. The van der Waals surface area contributed by atoms with Gasteiger partial charge in [0.15, 0.2) is 0 Å². The van der Waals surface area contributed by atoms with Crippen molar-refractivity contribution in [1.82, 2.24) is 5.32 Å². The Morgan fingerprint density at radius 1 is 1.31 bits per heavy atom. The van der Waals surface area contributed by atoms with Crippen molar-refractivity contribution in [3.05, 3.63) is 35.4 Å². The van der Waals surface area contributed by atoms with Crippen LogP contribution in [0.25, 0.3) is 0 Å². The Morgan fingerprint density at radius 2 is 2.00 bits per heavy atom. The minimum Gasteiger partial charge on any atom is -0.350 e. The third kappa shape index (κ3) is 4.05. The summed E-state index contributed by atoms with van der Waals surface area (Å²) in [7, 11) is 0. The van der Waals surface area contributed by atoms with Crippen LogP contribution >= 0.6 is 0 Å². The van der Waals surface area contributed by atoms with Gasteiger partial charge in [-0.15, -0.1) is 0 Å². The van der Waals surface area contributed by atoms with Crippen molar-refractivity contribution < 1.29 is 4.79 Å². The van der Waals surface area contributed by atoms with Gasteiger partial charge in [0.05, 0.1) is 0 Å². The molecule has 0 aliphatic rings. The predicted molar refractivity (Wildman–Crippen MR) is 67.6 cm³/mol. The molecule has 0 unspecified atom stereocenters. The van der Waals surface area contributed by atoms with Crippen LogP contribution in [0.5, 0.6) is 0 Å². The second-order valence-corrected chi connectivity index (χ2v) is 4.87. The van der Waals surface area contributed by atoms with Gasteiger partial charge < -0.3 is 5.32 Å². The van der Waals surface area contributed by atoms with E-state index in [-0.39, 0.29) is 11.9 Å². The van der Waals surface area contributed by atoms with Crippen molar-refractivity contribution in [2.24, 2.45) is 5.92 Å².